The molecular formula is C9H18N4OS. The summed E-state index contributed by atoms with van der Waals surface area (Å²) in [5, 5.41) is 10.9. The maximum absolute atomic E-state index is 5.38. The first-order valence-electron chi connectivity index (χ1n) is 4.89. The zero-order chi connectivity index (χ0) is 11.3. The molecule has 1 aromatic rings. The van der Waals surface area contributed by atoms with Crippen molar-refractivity contribution in [1.29, 1.82) is 0 Å². The van der Waals surface area contributed by atoms with E-state index in [9.17, 15) is 0 Å². The summed E-state index contributed by atoms with van der Waals surface area (Å²) in [4.78, 5) is 0. The van der Waals surface area contributed by atoms with E-state index in [-0.39, 0.29) is 4.75 Å². The van der Waals surface area contributed by atoms with Gasteiger partial charge in [0.25, 0.3) is 0 Å². The van der Waals surface area contributed by atoms with Crippen molar-refractivity contribution in [3.05, 3.63) is 5.89 Å². The molecular weight excluding hydrogens is 212 g/mol. The molecule has 0 aliphatic heterocycles. The quantitative estimate of drug-likeness (QED) is 0.762. The van der Waals surface area contributed by atoms with E-state index in [1.807, 2.05) is 0 Å². The number of nitrogens with zero attached hydrogens (tertiary/aromatic N) is 2. The lowest BCUT2D eigenvalue weighted by Gasteiger charge is -2.21. The van der Waals surface area contributed by atoms with E-state index < -0.39 is 0 Å². The maximum Gasteiger partial charge on any atom is 0.315 e. The molecule has 86 valence electrons. The molecule has 0 aliphatic rings. The Bertz CT molecular complexity index is 300. The van der Waals surface area contributed by atoms with Crippen molar-refractivity contribution in [3.8, 4) is 0 Å². The SMILES string of the molecule is CSC(C)(C)CNc1nnc(CCN)o1. The van der Waals surface area contributed by atoms with Gasteiger partial charge in [0.1, 0.15) is 0 Å². The molecule has 1 aromatic heterocycles. The van der Waals surface area contributed by atoms with E-state index in [1.54, 1.807) is 11.8 Å². The number of hydrogen-bond acceptors (Lipinski definition) is 6. The number of aromatic nitrogens is 2. The van der Waals surface area contributed by atoms with Gasteiger partial charge in [-0.2, -0.15) is 11.8 Å². The average molecular weight is 230 g/mol. The Labute approximate surface area is 94.2 Å². The summed E-state index contributed by atoms with van der Waals surface area (Å²) >= 11 is 1.79. The van der Waals surface area contributed by atoms with Crippen LogP contribution in [0.4, 0.5) is 6.01 Å². The summed E-state index contributed by atoms with van der Waals surface area (Å²) < 4.78 is 5.50. The van der Waals surface area contributed by atoms with E-state index >= 15 is 0 Å². The summed E-state index contributed by atoms with van der Waals surface area (Å²) in [5.74, 6) is 0.585. The molecule has 1 heterocycles. The van der Waals surface area contributed by atoms with Gasteiger partial charge in [-0.1, -0.05) is 5.10 Å². The Morgan fingerprint density at radius 2 is 2.20 bits per heavy atom. The Hall–Kier alpha value is -0.750. The largest absolute Gasteiger partial charge is 0.408 e. The topological polar surface area (TPSA) is 77.0 Å². The summed E-state index contributed by atoms with van der Waals surface area (Å²) in [5.41, 5.74) is 5.38. The maximum atomic E-state index is 5.38. The fourth-order valence-electron chi connectivity index (χ4n) is 0.910. The summed E-state index contributed by atoms with van der Waals surface area (Å²) in [6, 6.07) is 0.473. The van der Waals surface area contributed by atoms with E-state index in [1.165, 1.54) is 0 Å². The smallest absolute Gasteiger partial charge is 0.315 e. The molecule has 3 N–H and O–H groups in total. The Morgan fingerprint density at radius 3 is 2.80 bits per heavy atom. The lowest BCUT2D eigenvalue weighted by molar-refractivity contribution is 0.503. The van der Waals surface area contributed by atoms with Crippen LogP contribution in [0.1, 0.15) is 19.7 Å². The Morgan fingerprint density at radius 1 is 1.47 bits per heavy atom. The second-order valence-corrected chi connectivity index (χ2v) is 5.37. The molecule has 1 rings (SSSR count). The predicted molar refractivity (Wildman–Crippen MR) is 63.1 cm³/mol. The van der Waals surface area contributed by atoms with Crippen molar-refractivity contribution in [2.75, 3.05) is 24.7 Å². The van der Waals surface area contributed by atoms with Crippen LogP contribution in [0, 0.1) is 0 Å². The second-order valence-electron chi connectivity index (χ2n) is 3.86. The average Bonchev–Trinajstić information content (AvgIpc) is 2.64. The van der Waals surface area contributed by atoms with Gasteiger partial charge in [-0.15, -0.1) is 5.10 Å². The predicted octanol–water partition coefficient (Wildman–Crippen LogP) is 1.12. The van der Waals surface area contributed by atoms with E-state index in [2.05, 4.69) is 35.6 Å². The van der Waals surface area contributed by atoms with Crippen LogP contribution in [0.5, 0.6) is 0 Å². The van der Waals surface area contributed by atoms with Crippen LogP contribution >= 0.6 is 11.8 Å². The Kier molecular flexibility index (Phi) is 4.41. The molecule has 0 amide bonds. The minimum atomic E-state index is 0.155. The monoisotopic (exact) mass is 230 g/mol. The molecule has 0 saturated heterocycles. The molecule has 0 aromatic carbocycles. The molecule has 0 aliphatic carbocycles. The standard InChI is InChI=1S/C9H18N4OS/c1-9(2,15-3)6-11-8-13-12-7(14-8)4-5-10/h4-6,10H2,1-3H3,(H,11,13). The summed E-state index contributed by atoms with van der Waals surface area (Å²) in [7, 11) is 0. The molecule has 0 saturated carbocycles. The van der Waals surface area contributed by atoms with Gasteiger partial charge >= 0.3 is 6.01 Å². The highest BCUT2D eigenvalue weighted by molar-refractivity contribution is 7.99. The first-order chi connectivity index (χ1) is 7.07. The Balaban J connectivity index is 2.44. The van der Waals surface area contributed by atoms with Gasteiger partial charge < -0.3 is 15.5 Å². The van der Waals surface area contributed by atoms with Crippen molar-refractivity contribution < 1.29 is 4.42 Å². The molecule has 15 heavy (non-hydrogen) atoms. The highest BCUT2D eigenvalue weighted by Crippen LogP contribution is 2.21. The third-order valence-electron chi connectivity index (χ3n) is 2.04. The van der Waals surface area contributed by atoms with Crippen molar-refractivity contribution in [2.45, 2.75) is 25.0 Å². The third kappa shape index (κ3) is 4.09. The van der Waals surface area contributed by atoms with Crippen LogP contribution in [0.25, 0.3) is 0 Å². The minimum absolute atomic E-state index is 0.155. The highest BCUT2D eigenvalue weighted by Gasteiger charge is 2.16. The zero-order valence-electron chi connectivity index (χ0n) is 9.41. The number of hydrogen-bond donors (Lipinski definition) is 2. The van der Waals surface area contributed by atoms with Gasteiger partial charge in [0.05, 0.1) is 0 Å². The van der Waals surface area contributed by atoms with Crippen molar-refractivity contribution in [2.24, 2.45) is 5.73 Å². The van der Waals surface area contributed by atoms with Crippen LogP contribution in [-0.2, 0) is 6.42 Å². The van der Waals surface area contributed by atoms with Gasteiger partial charge in [0, 0.05) is 24.3 Å². The summed E-state index contributed by atoms with van der Waals surface area (Å²) in [6.45, 7) is 5.63. The van der Waals surface area contributed by atoms with E-state index in [0.29, 0.717) is 24.9 Å². The lowest BCUT2D eigenvalue weighted by atomic mass is 10.2. The number of nitrogens with one attached hydrogen (secondary N) is 1. The van der Waals surface area contributed by atoms with Crippen molar-refractivity contribution in [3.63, 3.8) is 0 Å². The molecule has 5 nitrogen and oxygen atoms in total. The molecule has 6 heteroatoms. The number of thioether (sulfide) groups is 1. The highest BCUT2D eigenvalue weighted by atomic mass is 32.2. The molecule has 0 unspecified atom stereocenters. The van der Waals surface area contributed by atoms with Gasteiger partial charge in [0.15, 0.2) is 0 Å². The number of anilines is 1. The zero-order valence-corrected chi connectivity index (χ0v) is 10.2. The van der Waals surface area contributed by atoms with Gasteiger partial charge in [-0.3, -0.25) is 0 Å². The second kappa shape index (κ2) is 5.37. The fraction of sp³-hybridized carbons (Fsp3) is 0.778. The van der Waals surface area contributed by atoms with E-state index in [4.69, 9.17) is 10.2 Å². The number of nitrogens with two attached hydrogens (primary N) is 1. The van der Waals surface area contributed by atoms with Gasteiger partial charge in [-0.05, 0) is 20.1 Å². The molecule has 0 radical (unpaired) electrons. The third-order valence-corrected chi connectivity index (χ3v) is 3.29. The van der Waals surface area contributed by atoms with Gasteiger partial charge in [-0.25, -0.2) is 0 Å². The van der Waals surface area contributed by atoms with Crippen LogP contribution in [0.2, 0.25) is 0 Å². The first kappa shape index (κ1) is 12.3. The summed E-state index contributed by atoms with van der Waals surface area (Å²) in [6.07, 6.45) is 2.70. The molecule has 0 spiro atoms. The van der Waals surface area contributed by atoms with Gasteiger partial charge in [0.2, 0.25) is 5.89 Å². The van der Waals surface area contributed by atoms with Crippen molar-refractivity contribution in [1.82, 2.24) is 10.2 Å². The van der Waals surface area contributed by atoms with E-state index in [0.717, 1.165) is 6.54 Å². The molecule has 0 fully saturated rings. The van der Waals surface area contributed by atoms with Crippen LogP contribution < -0.4 is 11.1 Å². The van der Waals surface area contributed by atoms with Crippen LogP contribution in [-0.4, -0.2) is 34.3 Å². The number of rotatable bonds is 6. The normalized spacial score (nSPS) is 11.7. The molecule has 0 atom stereocenters. The fourth-order valence-corrected chi connectivity index (χ4v) is 1.13. The minimum Gasteiger partial charge on any atom is -0.408 e. The van der Waals surface area contributed by atoms with Crippen LogP contribution in [0.3, 0.4) is 0 Å². The molecule has 0 bridgehead atoms. The van der Waals surface area contributed by atoms with Crippen LogP contribution in [0.15, 0.2) is 4.42 Å². The lowest BCUT2D eigenvalue weighted by Crippen LogP contribution is -2.25. The van der Waals surface area contributed by atoms with Crippen molar-refractivity contribution >= 4 is 17.8 Å². The first-order valence-corrected chi connectivity index (χ1v) is 6.11.